The first-order valence-electron chi connectivity index (χ1n) is 5.17. The summed E-state index contributed by atoms with van der Waals surface area (Å²) in [5.41, 5.74) is 0.0568. The van der Waals surface area contributed by atoms with Gasteiger partial charge in [0.15, 0.2) is 5.82 Å². The lowest BCUT2D eigenvalue weighted by Crippen LogP contribution is -2.35. The molecule has 1 atom stereocenters. The maximum absolute atomic E-state index is 5.31. The van der Waals surface area contributed by atoms with Gasteiger partial charge in [0.25, 0.3) is 0 Å². The topological polar surface area (TPSA) is 51.0 Å². The van der Waals surface area contributed by atoms with Gasteiger partial charge in [0.1, 0.15) is 0 Å². The normalized spacial score (nSPS) is 27.4. The van der Waals surface area contributed by atoms with Crippen molar-refractivity contribution in [3.63, 3.8) is 0 Å². The fraction of sp³-hybridized carbons (Fsp3) is 0.800. The Balaban J connectivity index is 2.36. The average Bonchev–Trinajstić information content (AvgIpc) is 2.71. The number of nitrogens with one attached hydrogen (secondary N) is 1. The van der Waals surface area contributed by atoms with Crippen LogP contribution in [-0.2, 0) is 5.41 Å². The van der Waals surface area contributed by atoms with E-state index in [1.54, 1.807) is 0 Å². The van der Waals surface area contributed by atoms with Crippen molar-refractivity contribution in [1.29, 1.82) is 0 Å². The van der Waals surface area contributed by atoms with Gasteiger partial charge in [0, 0.05) is 6.54 Å². The molecule has 0 aliphatic carbocycles. The molecule has 0 amide bonds. The first-order chi connectivity index (χ1) is 6.65. The Labute approximate surface area is 84.1 Å². The Morgan fingerprint density at radius 2 is 2.29 bits per heavy atom. The van der Waals surface area contributed by atoms with E-state index >= 15 is 0 Å². The molecule has 4 heteroatoms. The van der Waals surface area contributed by atoms with Crippen LogP contribution in [0.4, 0.5) is 0 Å². The van der Waals surface area contributed by atoms with E-state index in [0.29, 0.717) is 5.92 Å². The van der Waals surface area contributed by atoms with Gasteiger partial charge in [-0.15, -0.1) is 0 Å². The fourth-order valence-electron chi connectivity index (χ4n) is 2.13. The number of rotatable bonds is 2. The summed E-state index contributed by atoms with van der Waals surface area (Å²) in [7, 11) is 0. The average molecular weight is 195 g/mol. The van der Waals surface area contributed by atoms with Gasteiger partial charge in [-0.1, -0.05) is 19.0 Å². The minimum Gasteiger partial charge on any atom is -0.339 e. The molecule has 1 unspecified atom stereocenters. The van der Waals surface area contributed by atoms with Crippen LogP contribution in [-0.4, -0.2) is 23.2 Å². The van der Waals surface area contributed by atoms with Crippen LogP contribution in [0.5, 0.6) is 0 Å². The van der Waals surface area contributed by atoms with Crippen LogP contribution in [0.25, 0.3) is 0 Å². The first kappa shape index (κ1) is 9.65. The van der Waals surface area contributed by atoms with Crippen LogP contribution in [0.15, 0.2) is 4.52 Å². The lowest BCUT2D eigenvalue weighted by Gasteiger charge is -2.27. The van der Waals surface area contributed by atoms with Crippen molar-refractivity contribution in [2.75, 3.05) is 13.1 Å². The van der Waals surface area contributed by atoms with Crippen LogP contribution >= 0.6 is 0 Å². The van der Waals surface area contributed by atoms with Gasteiger partial charge in [-0.2, -0.15) is 4.98 Å². The smallest absolute Gasteiger partial charge is 0.234 e. The Kier molecular flexibility index (Phi) is 2.31. The molecule has 1 aliphatic rings. The highest BCUT2D eigenvalue weighted by Gasteiger charge is 2.43. The summed E-state index contributed by atoms with van der Waals surface area (Å²) >= 11 is 0. The zero-order valence-corrected chi connectivity index (χ0v) is 9.00. The molecule has 1 aromatic rings. The molecule has 1 saturated heterocycles. The number of aromatic nitrogens is 2. The second kappa shape index (κ2) is 3.35. The first-order valence-corrected chi connectivity index (χ1v) is 5.17. The minimum atomic E-state index is 0.0568. The molecule has 0 radical (unpaired) electrons. The van der Waals surface area contributed by atoms with Crippen molar-refractivity contribution >= 4 is 0 Å². The lowest BCUT2D eigenvalue weighted by atomic mass is 9.76. The predicted octanol–water partition coefficient (Wildman–Crippen LogP) is 1.27. The molecule has 2 heterocycles. The highest BCUT2D eigenvalue weighted by atomic mass is 16.5. The van der Waals surface area contributed by atoms with Crippen LogP contribution in [0.1, 0.15) is 32.0 Å². The number of nitrogens with zero attached hydrogens (tertiary/aromatic N) is 2. The summed E-state index contributed by atoms with van der Waals surface area (Å²) in [6, 6.07) is 0. The van der Waals surface area contributed by atoms with Crippen molar-refractivity contribution in [2.24, 2.45) is 5.92 Å². The molecule has 14 heavy (non-hydrogen) atoms. The largest absolute Gasteiger partial charge is 0.339 e. The van der Waals surface area contributed by atoms with Crippen LogP contribution in [0.3, 0.4) is 0 Å². The quantitative estimate of drug-likeness (QED) is 0.772. The van der Waals surface area contributed by atoms with Gasteiger partial charge in [-0.25, -0.2) is 0 Å². The molecular formula is C10H17N3O. The van der Waals surface area contributed by atoms with Gasteiger partial charge in [-0.05, 0) is 25.8 Å². The van der Waals surface area contributed by atoms with Crippen molar-refractivity contribution < 1.29 is 4.52 Å². The number of hydrogen-bond acceptors (Lipinski definition) is 4. The second-order valence-electron chi connectivity index (χ2n) is 4.38. The van der Waals surface area contributed by atoms with E-state index in [2.05, 4.69) is 29.3 Å². The molecule has 0 aromatic carbocycles. The molecule has 0 spiro atoms. The monoisotopic (exact) mass is 195 g/mol. The SMILES string of the molecule is Cc1noc(C2(C(C)C)CCNC2)n1. The third kappa shape index (κ3) is 1.34. The van der Waals surface area contributed by atoms with Gasteiger partial charge >= 0.3 is 0 Å². The Hall–Kier alpha value is -0.900. The van der Waals surface area contributed by atoms with E-state index in [4.69, 9.17) is 4.52 Å². The summed E-state index contributed by atoms with van der Waals surface area (Å²) in [5.74, 6) is 2.05. The molecule has 1 fully saturated rings. The maximum atomic E-state index is 5.31. The van der Waals surface area contributed by atoms with Crippen LogP contribution in [0.2, 0.25) is 0 Å². The fourth-order valence-corrected chi connectivity index (χ4v) is 2.13. The summed E-state index contributed by atoms with van der Waals surface area (Å²) in [4.78, 5) is 4.37. The third-order valence-electron chi connectivity index (χ3n) is 3.25. The molecule has 2 rings (SSSR count). The van der Waals surface area contributed by atoms with Crippen molar-refractivity contribution in [1.82, 2.24) is 15.5 Å². The predicted molar refractivity (Wildman–Crippen MR) is 53.0 cm³/mol. The van der Waals surface area contributed by atoms with E-state index < -0.39 is 0 Å². The molecule has 1 N–H and O–H groups in total. The maximum Gasteiger partial charge on any atom is 0.234 e. The van der Waals surface area contributed by atoms with Gasteiger partial charge < -0.3 is 9.84 Å². The van der Waals surface area contributed by atoms with Gasteiger partial charge in [0.05, 0.1) is 5.41 Å². The van der Waals surface area contributed by atoms with Crippen LogP contribution < -0.4 is 5.32 Å². The Morgan fingerprint density at radius 1 is 1.50 bits per heavy atom. The lowest BCUT2D eigenvalue weighted by molar-refractivity contribution is 0.234. The summed E-state index contributed by atoms with van der Waals surface area (Å²) in [5, 5.41) is 7.25. The van der Waals surface area contributed by atoms with E-state index in [1.807, 2.05) is 6.92 Å². The standard InChI is InChI=1S/C10H17N3O/c1-7(2)10(4-5-11-6-10)9-12-8(3)13-14-9/h7,11H,4-6H2,1-3H3. The highest BCUT2D eigenvalue weighted by molar-refractivity contribution is 5.11. The summed E-state index contributed by atoms with van der Waals surface area (Å²) in [6.07, 6.45) is 1.09. The van der Waals surface area contributed by atoms with E-state index in [0.717, 1.165) is 31.2 Å². The molecule has 4 nitrogen and oxygen atoms in total. The Morgan fingerprint density at radius 3 is 2.71 bits per heavy atom. The second-order valence-corrected chi connectivity index (χ2v) is 4.38. The Bertz CT molecular complexity index is 313. The van der Waals surface area contributed by atoms with Crippen molar-refractivity contribution in [2.45, 2.75) is 32.6 Å². The van der Waals surface area contributed by atoms with E-state index in [9.17, 15) is 0 Å². The third-order valence-corrected chi connectivity index (χ3v) is 3.25. The van der Waals surface area contributed by atoms with E-state index in [1.165, 1.54) is 0 Å². The summed E-state index contributed by atoms with van der Waals surface area (Å²) in [6.45, 7) is 8.29. The van der Waals surface area contributed by atoms with Crippen molar-refractivity contribution in [3.8, 4) is 0 Å². The molecular weight excluding hydrogens is 178 g/mol. The van der Waals surface area contributed by atoms with E-state index in [-0.39, 0.29) is 5.41 Å². The minimum absolute atomic E-state index is 0.0568. The zero-order chi connectivity index (χ0) is 10.2. The van der Waals surface area contributed by atoms with Gasteiger partial charge in [0.2, 0.25) is 5.89 Å². The highest BCUT2D eigenvalue weighted by Crippen LogP contribution is 2.36. The molecule has 0 saturated carbocycles. The molecule has 1 aliphatic heterocycles. The number of aryl methyl sites for hydroxylation is 1. The van der Waals surface area contributed by atoms with Gasteiger partial charge in [-0.3, -0.25) is 0 Å². The van der Waals surface area contributed by atoms with Crippen molar-refractivity contribution in [3.05, 3.63) is 11.7 Å². The molecule has 0 bridgehead atoms. The molecule has 78 valence electrons. The zero-order valence-electron chi connectivity index (χ0n) is 9.00. The molecule has 1 aromatic heterocycles. The number of hydrogen-bond donors (Lipinski definition) is 1. The summed E-state index contributed by atoms with van der Waals surface area (Å²) < 4.78 is 5.31. The van der Waals surface area contributed by atoms with Crippen LogP contribution in [0, 0.1) is 12.8 Å².